The Morgan fingerprint density at radius 3 is 1.81 bits per heavy atom. The molecule has 0 saturated carbocycles. The maximum Gasteiger partial charge on any atom is 0.193 e. The first-order valence-electron chi connectivity index (χ1n) is 17.3. The third kappa shape index (κ3) is 15.9. The Kier molecular flexibility index (Phi) is 18.4. The molecule has 0 bridgehead atoms. The van der Waals surface area contributed by atoms with Crippen molar-refractivity contribution >= 4 is 16.6 Å². The third-order valence-electron chi connectivity index (χ3n) is 9.71. The average Bonchev–Trinajstić information content (AvgIpc) is 2.91. The fourth-order valence-electron chi connectivity index (χ4n) is 4.66. The molecule has 0 amide bonds. The summed E-state index contributed by atoms with van der Waals surface area (Å²) in [6.45, 7) is 25.8. The van der Waals surface area contributed by atoms with E-state index in [2.05, 4.69) is 98.9 Å². The van der Waals surface area contributed by atoms with Crippen molar-refractivity contribution in [2.75, 3.05) is 6.61 Å². The van der Waals surface area contributed by atoms with Gasteiger partial charge in [0.05, 0.1) is 19.3 Å². The molecule has 0 aliphatic heterocycles. The standard InChI is InChI=1S/C37H70O4Si2/c1-12-13-14-22-27-33(40-42(8,9)36(2,3)4)28-23-17-15-16-18-24-29-34(41-43(10,11)37(5,6)7)35(30-38)39-31-32-25-20-19-21-26-32/h19-21,24-26,29,33-35,38H,12-18,22-23,27-28,30-31H2,1-11H3/b29-24+/t33-,34+,35+/m1/s1. The molecule has 1 rings (SSSR count). The molecule has 0 radical (unpaired) electrons. The summed E-state index contributed by atoms with van der Waals surface area (Å²) in [5.74, 6) is 0. The van der Waals surface area contributed by atoms with Crippen molar-refractivity contribution in [2.24, 2.45) is 0 Å². The van der Waals surface area contributed by atoms with Crippen LogP contribution in [0.3, 0.4) is 0 Å². The van der Waals surface area contributed by atoms with E-state index in [9.17, 15) is 5.11 Å². The van der Waals surface area contributed by atoms with E-state index in [1.165, 1.54) is 64.2 Å². The van der Waals surface area contributed by atoms with Crippen molar-refractivity contribution < 1.29 is 18.7 Å². The zero-order valence-electron chi connectivity index (χ0n) is 30.1. The maximum absolute atomic E-state index is 10.3. The van der Waals surface area contributed by atoms with Crippen molar-refractivity contribution in [2.45, 2.75) is 180 Å². The second-order valence-electron chi connectivity index (χ2n) is 15.6. The molecule has 0 saturated heterocycles. The van der Waals surface area contributed by atoms with E-state index in [4.69, 9.17) is 13.6 Å². The summed E-state index contributed by atoms with van der Waals surface area (Å²) in [6.07, 6.45) is 17.7. The van der Waals surface area contributed by atoms with E-state index in [1.807, 2.05) is 18.2 Å². The van der Waals surface area contributed by atoms with Gasteiger partial charge in [0, 0.05) is 6.10 Å². The molecule has 1 aromatic carbocycles. The minimum Gasteiger partial charge on any atom is -0.414 e. The van der Waals surface area contributed by atoms with E-state index >= 15 is 0 Å². The van der Waals surface area contributed by atoms with Crippen LogP contribution < -0.4 is 0 Å². The van der Waals surface area contributed by atoms with Gasteiger partial charge in [-0.2, -0.15) is 0 Å². The average molecular weight is 635 g/mol. The lowest BCUT2D eigenvalue weighted by Gasteiger charge is -2.40. The largest absolute Gasteiger partial charge is 0.414 e. The number of ether oxygens (including phenoxy) is 1. The van der Waals surface area contributed by atoms with Gasteiger partial charge in [-0.1, -0.05) is 136 Å². The van der Waals surface area contributed by atoms with Crippen LogP contribution in [0.4, 0.5) is 0 Å². The molecule has 0 spiro atoms. The summed E-state index contributed by atoms with van der Waals surface area (Å²) in [4.78, 5) is 0. The highest BCUT2D eigenvalue weighted by Gasteiger charge is 2.41. The van der Waals surface area contributed by atoms with Gasteiger partial charge < -0.3 is 18.7 Å². The van der Waals surface area contributed by atoms with Crippen molar-refractivity contribution in [3.8, 4) is 0 Å². The molecule has 43 heavy (non-hydrogen) atoms. The van der Waals surface area contributed by atoms with Crippen LogP contribution in [0, 0.1) is 0 Å². The van der Waals surface area contributed by atoms with Crippen LogP contribution in [0.25, 0.3) is 0 Å². The first-order chi connectivity index (χ1) is 20.0. The summed E-state index contributed by atoms with van der Waals surface area (Å²) in [5.41, 5.74) is 1.11. The molecule has 250 valence electrons. The highest BCUT2D eigenvalue weighted by molar-refractivity contribution is 6.74. The van der Waals surface area contributed by atoms with Gasteiger partial charge in [-0.15, -0.1) is 0 Å². The minimum atomic E-state index is -2.05. The number of aliphatic hydroxyl groups is 1. The molecule has 0 aromatic heterocycles. The molecule has 1 aromatic rings. The maximum atomic E-state index is 10.3. The Hall–Kier alpha value is -0.766. The number of benzene rings is 1. The Labute approximate surface area is 269 Å². The Bertz CT molecular complexity index is 871. The van der Waals surface area contributed by atoms with Gasteiger partial charge in [0.25, 0.3) is 0 Å². The highest BCUT2D eigenvalue weighted by Crippen LogP contribution is 2.39. The molecule has 4 nitrogen and oxygen atoms in total. The van der Waals surface area contributed by atoms with Crippen LogP contribution in [0.1, 0.15) is 125 Å². The van der Waals surface area contributed by atoms with E-state index < -0.39 is 16.6 Å². The lowest BCUT2D eigenvalue weighted by Crippen LogP contribution is -2.47. The Balaban J connectivity index is 2.67. The molecule has 3 atom stereocenters. The topological polar surface area (TPSA) is 47.9 Å². The summed E-state index contributed by atoms with van der Waals surface area (Å²) < 4.78 is 19.9. The summed E-state index contributed by atoms with van der Waals surface area (Å²) in [7, 11) is -3.79. The lowest BCUT2D eigenvalue weighted by atomic mass is 10.0. The molecule has 0 unspecified atom stereocenters. The minimum absolute atomic E-state index is 0.0625. The monoisotopic (exact) mass is 634 g/mol. The SMILES string of the molecule is CCCCCC[C@H](CCCCCC/C=C/[C@H](O[Si](C)(C)C(C)(C)C)[C@H](CO)OCc1ccccc1)O[Si](C)(C)C(C)(C)C. The fourth-order valence-corrected chi connectivity index (χ4v) is 7.34. The number of hydrogen-bond donors (Lipinski definition) is 1. The third-order valence-corrected chi connectivity index (χ3v) is 18.7. The number of aliphatic hydroxyl groups excluding tert-OH is 1. The van der Waals surface area contributed by atoms with Gasteiger partial charge in [0.15, 0.2) is 16.6 Å². The normalized spacial score (nSPS) is 15.6. The Morgan fingerprint density at radius 2 is 1.28 bits per heavy atom. The zero-order chi connectivity index (χ0) is 32.6. The van der Waals surface area contributed by atoms with Crippen LogP contribution >= 0.6 is 0 Å². The van der Waals surface area contributed by atoms with Gasteiger partial charge in [-0.05, 0) is 67.5 Å². The van der Waals surface area contributed by atoms with Crippen molar-refractivity contribution in [1.82, 2.24) is 0 Å². The number of unbranched alkanes of at least 4 members (excludes halogenated alkanes) is 7. The zero-order valence-corrected chi connectivity index (χ0v) is 32.1. The van der Waals surface area contributed by atoms with Crippen molar-refractivity contribution in [3.05, 3.63) is 48.0 Å². The van der Waals surface area contributed by atoms with Crippen molar-refractivity contribution in [1.29, 1.82) is 0 Å². The van der Waals surface area contributed by atoms with Crippen LogP contribution in [-0.4, -0.2) is 46.7 Å². The number of allylic oxidation sites excluding steroid dienone is 1. The predicted octanol–water partition coefficient (Wildman–Crippen LogP) is 11.2. The van der Waals surface area contributed by atoms with Crippen LogP contribution in [0.5, 0.6) is 0 Å². The smallest absolute Gasteiger partial charge is 0.193 e. The lowest BCUT2D eigenvalue weighted by molar-refractivity contribution is -0.0498. The number of hydrogen-bond acceptors (Lipinski definition) is 4. The quantitative estimate of drug-likeness (QED) is 0.0783. The van der Waals surface area contributed by atoms with Gasteiger partial charge >= 0.3 is 0 Å². The first-order valence-corrected chi connectivity index (χ1v) is 23.1. The Morgan fingerprint density at radius 1 is 0.744 bits per heavy atom. The molecular formula is C37H70O4Si2. The van der Waals surface area contributed by atoms with E-state index in [0.717, 1.165) is 12.0 Å². The second-order valence-corrected chi connectivity index (χ2v) is 25.1. The van der Waals surface area contributed by atoms with E-state index in [0.29, 0.717) is 12.7 Å². The second kappa shape index (κ2) is 19.7. The molecular weight excluding hydrogens is 565 g/mol. The summed E-state index contributed by atoms with van der Waals surface area (Å²) in [5, 5.41) is 10.6. The fraction of sp³-hybridized carbons (Fsp3) is 0.784. The molecule has 0 heterocycles. The van der Waals surface area contributed by atoms with Crippen molar-refractivity contribution in [3.63, 3.8) is 0 Å². The van der Waals surface area contributed by atoms with Gasteiger partial charge in [-0.3, -0.25) is 0 Å². The summed E-state index contributed by atoms with van der Waals surface area (Å²) in [6, 6.07) is 10.2. The highest BCUT2D eigenvalue weighted by atomic mass is 28.4. The van der Waals surface area contributed by atoms with E-state index in [-0.39, 0.29) is 28.9 Å². The van der Waals surface area contributed by atoms with Crippen LogP contribution in [-0.2, 0) is 20.2 Å². The summed E-state index contributed by atoms with van der Waals surface area (Å²) >= 11 is 0. The van der Waals surface area contributed by atoms with Gasteiger partial charge in [0.1, 0.15) is 6.10 Å². The van der Waals surface area contributed by atoms with Gasteiger partial charge in [-0.25, -0.2) is 0 Å². The molecule has 0 aliphatic rings. The predicted molar refractivity (Wildman–Crippen MR) is 192 cm³/mol. The van der Waals surface area contributed by atoms with Crippen LogP contribution in [0.15, 0.2) is 42.5 Å². The van der Waals surface area contributed by atoms with Crippen LogP contribution in [0.2, 0.25) is 36.3 Å². The number of rotatable bonds is 22. The first kappa shape index (κ1) is 40.3. The van der Waals surface area contributed by atoms with Gasteiger partial charge in [0.2, 0.25) is 0 Å². The molecule has 1 N–H and O–H groups in total. The molecule has 0 aliphatic carbocycles. The van der Waals surface area contributed by atoms with E-state index in [1.54, 1.807) is 0 Å². The molecule has 6 heteroatoms. The molecule has 0 fully saturated rings.